The number of carboxylic acid groups (broad SMARTS) is 1. The lowest BCUT2D eigenvalue weighted by Gasteiger charge is -2.36. The SMILES string of the molecule is O=C(O)CCCCN1C(=O)C(c2ccc(Cl)cc2)N(C(CO)c2ccc(Cl)cc2)C(=O)c2cc(I)ccc21. The van der Waals surface area contributed by atoms with Crippen LogP contribution in [-0.2, 0) is 9.59 Å². The van der Waals surface area contributed by atoms with E-state index in [1.54, 1.807) is 65.6 Å². The first-order valence-corrected chi connectivity index (χ1v) is 13.8. The highest BCUT2D eigenvalue weighted by molar-refractivity contribution is 14.1. The number of aliphatic hydroxyl groups is 1. The Labute approximate surface area is 244 Å². The number of benzene rings is 3. The van der Waals surface area contributed by atoms with Crippen molar-refractivity contribution in [2.45, 2.75) is 31.3 Å². The van der Waals surface area contributed by atoms with E-state index in [0.29, 0.717) is 45.3 Å². The molecule has 0 saturated carbocycles. The summed E-state index contributed by atoms with van der Waals surface area (Å²) >= 11 is 14.3. The van der Waals surface area contributed by atoms with Crippen LogP contribution in [0.1, 0.15) is 52.8 Å². The Kier molecular flexibility index (Phi) is 9.30. The number of nitrogens with zero attached hydrogens (tertiary/aromatic N) is 2. The minimum Gasteiger partial charge on any atom is -0.481 e. The molecular weight excluding hydrogens is 642 g/mol. The van der Waals surface area contributed by atoms with Crippen LogP contribution in [0.2, 0.25) is 10.0 Å². The second kappa shape index (κ2) is 12.5. The molecule has 38 heavy (non-hydrogen) atoms. The molecule has 0 aromatic heterocycles. The number of aliphatic carboxylic acids is 1. The van der Waals surface area contributed by atoms with Crippen LogP contribution in [0.4, 0.5) is 5.69 Å². The van der Waals surface area contributed by atoms with Gasteiger partial charge in [-0.3, -0.25) is 14.4 Å². The smallest absolute Gasteiger partial charge is 0.303 e. The highest BCUT2D eigenvalue weighted by Gasteiger charge is 2.43. The van der Waals surface area contributed by atoms with Crippen LogP contribution in [0.5, 0.6) is 0 Å². The fourth-order valence-electron chi connectivity index (χ4n) is 4.64. The van der Waals surface area contributed by atoms with Gasteiger partial charge in [0, 0.05) is 26.6 Å². The summed E-state index contributed by atoms with van der Waals surface area (Å²) in [5, 5.41) is 20.6. The summed E-state index contributed by atoms with van der Waals surface area (Å²) in [6, 6.07) is 16.9. The molecule has 0 spiro atoms. The zero-order valence-corrected chi connectivity index (χ0v) is 23.9. The van der Waals surface area contributed by atoms with Gasteiger partial charge in [-0.05, 0) is 89.0 Å². The van der Waals surface area contributed by atoms with Crippen LogP contribution in [0, 0.1) is 3.57 Å². The number of aliphatic hydroxyl groups excluding tert-OH is 1. The van der Waals surface area contributed by atoms with Crippen LogP contribution in [0.3, 0.4) is 0 Å². The molecule has 7 nitrogen and oxygen atoms in total. The van der Waals surface area contributed by atoms with Gasteiger partial charge in [-0.1, -0.05) is 47.5 Å². The zero-order chi connectivity index (χ0) is 27.4. The number of anilines is 1. The lowest BCUT2D eigenvalue weighted by atomic mass is 9.98. The maximum atomic E-state index is 14.3. The Hall–Kier alpha value is -2.66. The molecule has 0 bridgehead atoms. The van der Waals surface area contributed by atoms with Crippen molar-refractivity contribution in [1.82, 2.24) is 4.90 Å². The van der Waals surface area contributed by atoms with Crippen molar-refractivity contribution in [3.8, 4) is 0 Å². The molecule has 2 unspecified atom stereocenters. The molecule has 1 aliphatic rings. The van der Waals surface area contributed by atoms with Crippen LogP contribution >= 0.6 is 45.8 Å². The number of amides is 2. The van der Waals surface area contributed by atoms with E-state index < -0.39 is 30.6 Å². The Morgan fingerprint density at radius 1 is 0.947 bits per heavy atom. The Morgan fingerprint density at radius 2 is 1.58 bits per heavy atom. The van der Waals surface area contributed by atoms with Gasteiger partial charge in [-0.2, -0.15) is 0 Å². The van der Waals surface area contributed by atoms with Crippen LogP contribution in [0.25, 0.3) is 0 Å². The van der Waals surface area contributed by atoms with E-state index in [1.807, 2.05) is 6.07 Å². The van der Waals surface area contributed by atoms with Crippen molar-refractivity contribution in [2.24, 2.45) is 0 Å². The van der Waals surface area contributed by atoms with Gasteiger partial charge in [-0.25, -0.2) is 0 Å². The first-order valence-electron chi connectivity index (χ1n) is 12.0. The fourth-order valence-corrected chi connectivity index (χ4v) is 5.39. The van der Waals surface area contributed by atoms with Crippen molar-refractivity contribution in [3.63, 3.8) is 0 Å². The maximum Gasteiger partial charge on any atom is 0.303 e. The van der Waals surface area contributed by atoms with Gasteiger partial charge in [0.05, 0.1) is 23.9 Å². The summed E-state index contributed by atoms with van der Waals surface area (Å²) in [5.41, 5.74) is 1.94. The fraction of sp³-hybridized carbons (Fsp3) is 0.250. The number of carboxylic acids is 1. The topological polar surface area (TPSA) is 98.2 Å². The van der Waals surface area contributed by atoms with E-state index in [9.17, 15) is 19.5 Å². The third-order valence-electron chi connectivity index (χ3n) is 6.46. The van der Waals surface area contributed by atoms with Crippen molar-refractivity contribution >= 4 is 69.3 Å². The summed E-state index contributed by atoms with van der Waals surface area (Å²) in [7, 11) is 0. The number of hydrogen-bond donors (Lipinski definition) is 2. The van der Waals surface area contributed by atoms with Crippen molar-refractivity contribution in [3.05, 3.63) is 97.0 Å². The number of carbonyl (C=O) groups is 3. The van der Waals surface area contributed by atoms with Gasteiger partial charge in [-0.15, -0.1) is 0 Å². The van der Waals surface area contributed by atoms with Gasteiger partial charge in [0.25, 0.3) is 11.8 Å². The van der Waals surface area contributed by atoms with Crippen molar-refractivity contribution in [1.29, 1.82) is 0 Å². The van der Waals surface area contributed by atoms with Crippen molar-refractivity contribution in [2.75, 3.05) is 18.1 Å². The molecule has 0 saturated heterocycles. The summed E-state index contributed by atoms with van der Waals surface area (Å²) in [4.78, 5) is 42.7. The minimum atomic E-state index is -1.07. The number of hydrogen-bond acceptors (Lipinski definition) is 4. The molecular formula is C28H25Cl2IN2O5. The van der Waals surface area contributed by atoms with E-state index in [1.165, 1.54) is 4.90 Å². The molecule has 2 amide bonds. The van der Waals surface area contributed by atoms with Gasteiger partial charge >= 0.3 is 5.97 Å². The first kappa shape index (κ1) is 28.4. The number of rotatable bonds is 9. The quantitative estimate of drug-likeness (QED) is 0.212. The van der Waals surface area contributed by atoms with Crippen LogP contribution < -0.4 is 4.90 Å². The Balaban J connectivity index is 1.88. The molecule has 3 aromatic rings. The van der Waals surface area contributed by atoms with Gasteiger partial charge in [0.1, 0.15) is 6.04 Å². The van der Waals surface area contributed by atoms with Gasteiger partial charge in [0.2, 0.25) is 0 Å². The van der Waals surface area contributed by atoms with Gasteiger partial charge < -0.3 is 20.0 Å². The van der Waals surface area contributed by atoms with E-state index in [2.05, 4.69) is 22.6 Å². The summed E-state index contributed by atoms with van der Waals surface area (Å²) in [6.45, 7) is -0.196. The molecule has 2 atom stereocenters. The predicted octanol–water partition coefficient (Wildman–Crippen LogP) is 6.12. The Morgan fingerprint density at radius 3 is 2.18 bits per heavy atom. The molecule has 198 valence electrons. The van der Waals surface area contributed by atoms with Gasteiger partial charge in [0.15, 0.2) is 0 Å². The number of fused-ring (bicyclic) bond motifs is 1. The molecule has 0 fully saturated rings. The van der Waals surface area contributed by atoms with E-state index in [0.717, 1.165) is 3.57 Å². The largest absolute Gasteiger partial charge is 0.481 e. The highest BCUT2D eigenvalue weighted by Crippen LogP contribution is 2.40. The Bertz CT molecular complexity index is 1330. The third-order valence-corrected chi connectivity index (χ3v) is 7.64. The van der Waals surface area contributed by atoms with E-state index in [-0.39, 0.29) is 18.9 Å². The lowest BCUT2D eigenvalue weighted by Crippen LogP contribution is -2.45. The monoisotopic (exact) mass is 666 g/mol. The average molecular weight is 667 g/mol. The summed E-state index contributed by atoms with van der Waals surface area (Å²) in [6.07, 6.45) is 0.800. The summed E-state index contributed by atoms with van der Waals surface area (Å²) < 4.78 is 0.810. The summed E-state index contributed by atoms with van der Waals surface area (Å²) in [5.74, 6) is -1.67. The molecule has 10 heteroatoms. The second-order valence-electron chi connectivity index (χ2n) is 8.92. The van der Waals surface area contributed by atoms with Crippen molar-refractivity contribution < 1.29 is 24.6 Å². The molecule has 1 aliphatic heterocycles. The normalized spacial score (nSPS) is 16.3. The minimum absolute atomic E-state index is 0.0175. The second-order valence-corrected chi connectivity index (χ2v) is 11.0. The average Bonchev–Trinajstić information content (AvgIpc) is 2.97. The number of halogens is 3. The predicted molar refractivity (Wildman–Crippen MR) is 155 cm³/mol. The van der Waals surface area contributed by atoms with E-state index >= 15 is 0 Å². The zero-order valence-electron chi connectivity index (χ0n) is 20.2. The molecule has 2 N–H and O–H groups in total. The highest BCUT2D eigenvalue weighted by atomic mass is 127. The van der Waals surface area contributed by atoms with E-state index in [4.69, 9.17) is 28.3 Å². The van der Waals surface area contributed by atoms with Crippen LogP contribution in [-0.4, -0.2) is 46.0 Å². The number of unbranched alkanes of at least 4 members (excludes halogenated alkanes) is 1. The maximum absolute atomic E-state index is 14.3. The first-order chi connectivity index (χ1) is 18.2. The molecule has 0 aliphatic carbocycles. The lowest BCUT2D eigenvalue weighted by molar-refractivity contribution is -0.137. The third kappa shape index (κ3) is 6.14. The molecule has 3 aromatic carbocycles. The standard InChI is InChI=1S/C28H25Cl2IN2O5/c29-19-8-4-17(5-9-19)24(16-34)33-26(18-6-10-20(30)11-7-18)28(38)32(14-2-1-3-25(35)36)23-13-12-21(31)15-22(23)27(33)37/h4-13,15,24,26,34H,1-3,14,16H2,(H,35,36). The molecule has 4 rings (SSSR count). The number of carbonyl (C=O) groups excluding carboxylic acids is 2. The van der Waals surface area contributed by atoms with Crippen LogP contribution in [0.15, 0.2) is 66.7 Å². The molecule has 0 radical (unpaired) electrons. The molecule has 1 heterocycles.